The number of aromatic nitrogens is 4. The first-order chi connectivity index (χ1) is 8.34. The summed E-state index contributed by atoms with van der Waals surface area (Å²) in [5, 5.41) is 12.2. The molecule has 0 saturated heterocycles. The molecule has 3 aromatic heterocycles. The fourth-order valence-corrected chi connectivity index (χ4v) is 2.63. The van der Waals surface area contributed by atoms with Crippen LogP contribution in [-0.4, -0.2) is 19.6 Å². The second-order valence-electron chi connectivity index (χ2n) is 3.91. The quantitative estimate of drug-likeness (QED) is 0.738. The minimum Gasteiger partial charge on any atom is -0.307 e. The zero-order valence-corrected chi connectivity index (χ0v) is 10.3. The van der Waals surface area contributed by atoms with E-state index in [1.165, 1.54) is 5.69 Å². The SMILES string of the molecule is Cc1nc2sccn2c1CNCc1cn[nH]c1. The van der Waals surface area contributed by atoms with Crippen molar-refractivity contribution in [3.8, 4) is 0 Å². The summed E-state index contributed by atoms with van der Waals surface area (Å²) in [6, 6.07) is 0. The maximum absolute atomic E-state index is 4.51. The monoisotopic (exact) mass is 247 g/mol. The average molecular weight is 247 g/mol. The van der Waals surface area contributed by atoms with Crippen LogP contribution >= 0.6 is 11.3 Å². The van der Waals surface area contributed by atoms with E-state index in [-0.39, 0.29) is 0 Å². The summed E-state index contributed by atoms with van der Waals surface area (Å²) in [6.45, 7) is 3.68. The lowest BCUT2D eigenvalue weighted by molar-refractivity contribution is 0.673. The van der Waals surface area contributed by atoms with Crippen molar-refractivity contribution >= 4 is 16.3 Å². The Morgan fingerprint density at radius 3 is 3.24 bits per heavy atom. The highest BCUT2D eigenvalue weighted by molar-refractivity contribution is 7.15. The molecule has 3 heterocycles. The summed E-state index contributed by atoms with van der Waals surface area (Å²) in [7, 11) is 0. The van der Waals surface area contributed by atoms with E-state index < -0.39 is 0 Å². The topological polar surface area (TPSA) is 58.0 Å². The largest absolute Gasteiger partial charge is 0.307 e. The molecule has 5 nitrogen and oxygen atoms in total. The van der Waals surface area contributed by atoms with Gasteiger partial charge in [0.05, 0.1) is 17.6 Å². The van der Waals surface area contributed by atoms with Crippen molar-refractivity contribution in [3.05, 3.63) is 40.9 Å². The van der Waals surface area contributed by atoms with E-state index in [1.54, 1.807) is 11.3 Å². The van der Waals surface area contributed by atoms with E-state index in [4.69, 9.17) is 0 Å². The third kappa shape index (κ3) is 1.96. The standard InChI is InChI=1S/C11H13N5S/c1-8-10(16-2-3-17-11(16)15-8)7-12-4-9-5-13-14-6-9/h2-3,5-6,12H,4,7H2,1H3,(H,13,14). The van der Waals surface area contributed by atoms with Gasteiger partial charge < -0.3 is 5.32 Å². The Balaban J connectivity index is 1.72. The van der Waals surface area contributed by atoms with Crippen LogP contribution in [0.2, 0.25) is 0 Å². The van der Waals surface area contributed by atoms with Gasteiger partial charge in [-0.1, -0.05) is 0 Å². The number of aromatic amines is 1. The van der Waals surface area contributed by atoms with Gasteiger partial charge in [0.2, 0.25) is 0 Å². The van der Waals surface area contributed by atoms with Crippen LogP contribution < -0.4 is 5.32 Å². The Bertz CT molecular complexity index is 607. The van der Waals surface area contributed by atoms with Gasteiger partial charge in [0.25, 0.3) is 0 Å². The van der Waals surface area contributed by atoms with Gasteiger partial charge in [-0.3, -0.25) is 9.50 Å². The number of imidazole rings is 1. The van der Waals surface area contributed by atoms with Crippen LogP contribution in [0.4, 0.5) is 0 Å². The molecule has 88 valence electrons. The number of fused-ring (bicyclic) bond motifs is 1. The molecule has 0 spiro atoms. The number of nitrogens with one attached hydrogen (secondary N) is 2. The molecule has 2 N–H and O–H groups in total. The van der Waals surface area contributed by atoms with Crippen molar-refractivity contribution in [2.45, 2.75) is 20.0 Å². The van der Waals surface area contributed by atoms with Crippen molar-refractivity contribution in [1.82, 2.24) is 24.9 Å². The van der Waals surface area contributed by atoms with E-state index in [2.05, 4.69) is 43.4 Å². The average Bonchev–Trinajstić information content (AvgIpc) is 2.98. The molecule has 17 heavy (non-hydrogen) atoms. The van der Waals surface area contributed by atoms with Crippen molar-refractivity contribution in [1.29, 1.82) is 0 Å². The van der Waals surface area contributed by atoms with E-state index in [9.17, 15) is 0 Å². The van der Waals surface area contributed by atoms with Crippen LogP contribution in [0.1, 0.15) is 17.0 Å². The molecule has 0 bridgehead atoms. The van der Waals surface area contributed by atoms with Gasteiger partial charge in [-0.2, -0.15) is 5.10 Å². The lowest BCUT2D eigenvalue weighted by Gasteiger charge is -2.03. The molecule has 0 atom stereocenters. The third-order valence-corrected chi connectivity index (χ3v) is 3.49. The number of rotatable bonds is 4. The van der Waals surface area contributed by atoms with Gasteiger partial charge in [-0.25, -0.2) is 4.98 Å². The lowest BCUT2D eigenvalue weighted by atomic mass is 10.3. The first-order valence-corrected chi connectivity index (χ1v) is 6.32. The van der Waals surface area contributed by atoms with Crippen LogP contribution in [0.5, 0.6) is 0 Å². The zero-order valence-electron chi connectivity index (χ0n) is 9.47. The summed E-state index contributed by atoms with van der Waals surface area (Å²) in [5.74, 6) is 0. The molecule has 0 fully saturated rings. The van der Waals surface area contributed by atoms with Gasteiger partial charge in [-0.05, 0) is 6.92 Å². The maximum Gasteiger partial charge on any atom is 0.194 e. The second-order valence-corrected chi connectivity index (χ2v) is 4.78. The van der Waals surface area contributed by atoms with Crippen LogP contribution in [0.3, 0.4) is 0 Å². The molecule has 0 amide bonds. The molecule has 0 radical (unpaired) electrons. The van der Waals surface area contributed by atoms with Gasteiger partial charge in [0.15, 0.2) is 4.96 Å². The van der Waals surface area contributed by atoms with Gasteiger partial charge in [-0.15, -0.1) is 11.3 Å². The minimum absolute atomic E-state index is 0.813. The molecule has 3 aromatic rings. The number of aryl methyl sites for hydroxylation is 1. The molecular formula is C11H13N5S. The highest BCUT2D eigenvalue weighted by Gasteiger charge is 2.08. The molecule has 6 heteroatoms. The smallest absolute Gasteiger partial charge is 0.194 e. The Labute approximate surface area is 103 Å². The minimum atomic E-state index is 0.813. The zero-order chi connectivity index (χ0) is 11.7. The van der Waals surface area contributed by atoms with Gasteiger partial charge >= 0.3 is 0 Å². The molecule has 0 unspecified atom stereocenters. The fourth-order valence-electron chi connectivity index (χ4n) is 1.85. The molecule has 3 rings (SSSR count). The first kappa shape index (κ1) is 10.5. The first-order valence-electron chi connectivity index (χ1n) is 5.44. The highest BCUT2D eigenvalue weighted by Crippen LogP contribution is 2.16. The Morgan fingerprint density at radius 2 is 2.41 bits per heavy atom. The highest BCUT2D eigenvalue weighted by atomic mass is 32.1. The van der Waals surface area contributed by atoms with Crippen molar-refractivity contribution in [2.24, 2.45) is 0 Å². The summed E-state index contributed by atoms with van der Waals surface area (Å²) in [5.41, 5.74) is 3.48. The number of thiazole rings is 1. The Morgan fingerprint density at radius 1 is 1.47 bits per heavy atom. The second kappa shape index (κ2) is 4.31. The van der Waals surface area contributed by atoms with Crippen LogP contribution in [-0.2, 0) is 13.1 Å². The van der Waals surface area contributed by atoms with E-state index in [0.29, 0.717) is 0 Å². The van der Waals surface area contributed by atoms with E-state index >= 15 is 0 Å². The number of hydrogen-bond acceptors (Lipinski definition) is 4. The number of H-pyrrole nitrogens is 1. The van der Waals surface area contributed by atoms with Gasteiger partial charge in [0.1, 0.15) is 0 Å². The molecule has 0 aliphatic rings. The molecule has 0 saturated carbocycles. The summed E-state index contributed by atoms with van der Waals surface area (Å²) in [6.07, 6.45) is 5.79. The molecular weight excluding hydrogens is 234 g/mol. The van der Waals surface area contributed by atoms with E-state index in [1.807, 2.05) is 12.4 Å². The molecule has 0 aromatic carbocycles. The van der Waals surface area contributed by atoms with Crippen molar-refractivity contribution in [3.63, 3.8) is 0 Å². The summed E-state index contributed by atoms with van der Waals surface area (Å²) in [4.78, 5) is 5.57. The Hall–Kier alpha value is -1.66. The van der Waals surface area contributed by atoms with Crippen LogP contribution in [0, 0.1) is 6.92 Å². The number of hydrogen-bond donors (Lipinski definition) is 2. The van der Waals surface area contributed by atoms with E-state index in [0.717, 1.165) is 29.3 Å². The molecule has 0 aliphatic carbocycles. The predicted octanol–water partition coefficient (Wildman–Crippen LogP) is 1.72. The number of nitrogens with zero attached hydrogens (tertiary/aromatic N) is 3. The predicted molar refractivity (Wildman–Crippen MR) is 66.9 cm³/mol. The van der Waals surface area contributed by atoms with Gasteiger partial charge in [0, 0.05) is 36.4 Å². The summed E-state index contributed by atoms with van der Waals surface area (Å²) < 4.78 is 2.14. The van der Waals surface area contributed by atoms with Crippen molar-refractivity contribution in [2.75, 3.05) is 0 Å². The van der Waals surface area contributed by atoms with Crippen LogP contribution in [0.15, 0.2) is 24.0 Å². The fraction of sp³-hybridized carbons (Fsp3) is 0.273. The molecule has 0 aliphatic heterocycles. The third-order valence-electron chi connectivity index (χ3n) is 2.74. The summed E-state index contributed by atoms with van der Waals surface area (Å²) >= 11 is 1.66. The van der Waals surface area contributed by atoms with Crippen LogP contribution in [0.25, 0.3) is 4.96 Å². The lowest BCUT2D eigenvalue weighted by Crippen LogP contribution is -2.14. The maximum atomic E-state index is 4.51. The Kier molecular flexibility index (Phi) is 2.66. The normalized spacial score (nSPS) is 11.4. The van der Waals surface area contributed by atoms with Crippen molar-refractivity contribution < 1.29 is 0 Å².